The van der Waals surface area contributed by atoms with E-state index in [1.807, 2.05) is 38.1 Å². The minimum atomic E-state index is -0.127. The SMILES string of the molecule is CCOC(CSc1ccc(N)cc1)OCC. The average molecular weight is 241 g/mol. The number of thioether (sulfide) groups is 1. The molecule has 0 spiro atoms. The molecule has 0 aliphatic carbocycles. The zero-order valence-electron chi connectivity index (χ0n) is 9.81. The third-order valence-electron chi connectivity index (χ3n) is 1.97. The topological polar surface area (TPSA) is 44.5 Å². The van der Waals surface area contributed by atoms with Gasteiger partial charge in [-0.05, 0) is 38.1 Å². The first-order valence-electron chi connectivity index (χ1n) is 5.47. The Balaban J connectivity index is 2.38. The second-order valence-electron chi connectivity index (χ2n) is 3.22. The van der Waals surface area contributed by atoms with E-state index in [1.165, 1.54) is 4.90 Å². The van der Waals surface area contributed by atoms with Crippen LogP contribution in [0.5, 0.6) is 0 Å². The van der Waals surface area contributed by atoms with Gasteiger partial charge in [-0.15, -0.1) is 11.8 Å². The van der Waals surface area contributed by atoms with E-state index in [1.54, 1.807) is 11.8 Å². The average Bonchev–Trinajstić information content (AvgIpc) is 2.29. The number of benzene rings is 1. The Hall–Kier alpha value is -0.710. The number of nitrogen functional groups attached to an aromatic ring is 1. The van der Waals surface area contributed by atoms with Gasteiger partial charge in [-0.2, -0.15) is 0 Å². The van der Waals surface area contributed by atoms with Crippen LogP contribution in [0.3, 0.4) is 0 Å². The van der Waals surface area contributed by atoms with Gasteiger partial charge in [0.2, 0.25) is 0 Å². The van der Waals surface area contributed by atoms with E-state index in [4.69, 9.17) is 15.2 Å². The Bertz CT molecular complexity index is 284. The van der Waals surface area contributed by atoms with Gasteiger partial charge in [0.25, 0.3) is 0 Å². The van der Waals surface area contributed by atoms with Gasteiger partial charge in [0.05, 0.1) is 0 Å². The summed E-state index contributed by atoms with van der Waals surface area (Å²) in [6, 6.07) is 7.82. The standard InChI is InChI=1S/C12H19NO2S/c1-3-14-12(15-4-2)9-16-11-7-5-10(13)6-8-11/h5-8,12H,3-4,9,13H2,1-2H3. The summed E-state index contributed by atoms with van der Waals surface area (Å²) in [6.45, 7) is 5.29. The molecule has 90 valence electrons. The van der Waals surface area contributed by atoms with Gasteiger partial charge in [-0.1, -0.05) is 0 Å². The quantitative estimate of drug-likeness (QED) is 0.453. The molecular formula is C12H19NO2S. The van der Waals surface area contributed by atoms with Crippen LogP contribution in [0.1, 0.15) is 13.8 Å². The van der Waals surface area contributed by atoms with E-state index in [-0.39, 0.29) is 6.29 Å². The number of nitrogens with two attached hydrogens (primary N) is 1. The summed E-state index contributed by atoms with van der Waals surface area (Å²) in [6.07, 6.45) is -0.127. The fourth-order valence-corrected chi connectivity index (χ4v) is 2.09. The lowest BCUT2D eigenvalue weighted by Gasteiger charge is -2.16. The van der Waals surface area contributed by atoms with Crippen LogP contribution in [0.4, 0.5) is 5.69 Å². The Labute approximate surface area is 101 Å². The highest BCUT2D eigenvalue weighted by molar-refractivity contribution is 7.99. The predicted octanol–water partition coefficient (Wildman–Crippen LogP) is 2.76. The van der Waals surface area contributed by atoms with Gasteiger partial charge >= 0.3 is 0 Å². The molecule has 16 heavy (non-hydrogen) atoms. The Morgan fingerprint density at radius 1 is 1.12 bits per heavy atom. The van der Waals surface area contributed by atoms with Crippen molar-refractivity contribution in [3.05, 3.63) is 24.3 Å². The Morgan fingerprint density at radius 3 is 2.19 bits per heavy atom. The molecule has 0 atom stereocenters. The van der Waals surface area contributed by atoms with Crippen molar-refractivity contribution in [3.8, 4) is 0 Å². The van der Waals surface area contributed by atoms with Crippen LogP contribution in [0.2, 0.25) is 0 Å². The summed E-state index contributed by atoms with van der Waals surface area (Å²) in [5.41, 5.74) is 6.41. The Morgan fingerprint density at radius 2 is 1.69 bits per heavy atom. The molecule has 0 heterocycles. The van der Waals surface area contributed by atoms with Gasteiger partial charge in [-0.25, -0.2) is 0 Å². The molecule has 0 aromatic heterocycles. The van der Waals surface area contributed by atoms with Crippen molar-refractivity contribution >= 4 is 17.4 Å². The van der Waals surface area contributed by atoms with Crippen LogP contribution in [-0.4, -0.2) is 25.3 Å². The van der Waals surface area contributed by atoms with Crippen molar-refractivity contribution in [1.29, 1.82) is 0 Å². The van der Waals surface area contributed by atoms with Crippen LogP contribution in [0.25, 0.3) is 0 Å². The molecule has 1 aromatic rings. The van der Waals surface area contributed by atoms with E-state index in [0.29, 0.717) is 13.2 Å². The minimum absolute atomic E-state index is 0.127. The number of rotatable bonds is 7. The second-order valence-corrected chi connectivity index (χ2v) is 4.31. The van der Waals surface area contributed by atoms with Gasteiger partial charge in [-0.3, -0.25) is 0 Å². The van der Waals surface area contributed by atoms with Crippen LogP contribution in [-0.2, 0) is 9.47 Å². The number of hydrogen-bond donors (Lipinski definition) is 1. The van der Waals surface area contributed by atoms with Crippen LogP contribution >= 0.6 is 11.8 Å². The molecule has 0 fully saturated rings. The first-order valence-corrected chi connectivity index (χ1v) is 6.46. The molecule has 0 unspecified atom stereocenters. The predicted molar refractivity (Wildman–Crippen MR) is 68.6 cm³/mol. The van der Waals surface area contributed by atoms with Crippen molar-refractivity contribution in [3.63, 3.8) is 0 Å². The van der Waals surface area contributed by atoms with Crippen LogP contribution in [0, 0.1) is 0 Å². The summed E-state index contributed by atoms with van der Waals surface area (Å²) < 4.78 is 10.9. The summed E-state index contributed by atoms with van der Waals surface area (Å²) in [5, 5.41) is 0. The maximum atomic E-state index is 5.62. The van der Waals surface area contributed by atoms with Gasteiger partial charge in [0.15, 0.2) is 6.29 Å². The zero-order valence-corrected chi connectivity index (χ0v) is 10.6. The largest absolute Gasteiger partial charge is 0.399 e. The molecule has 0 saturated carbocycles. The lowest BCUT2D eigenvalue weighted by atomic mass is 10.3. The van der Waals surface area contributed by atoms with Crippen molar-refractivity contribution in [2.75, 3.05) is 24.7 Å². The summed E-state index contributed by atoms with van der Waals surface area (Å²) in [4.78, 5) is 1.18. The van der Waals surface area contributed by atoms with Crippen molar-refractivity contribution in [2.45, 2.75) is 25.0 Å². The second kappa shape index (κ2) is 7.54. The molecule has 0 aliphatic rings. The third-order valence-corrected chi connectivity index (χ3v) is 3.02. The summed E-state index contributed by atoms with van der Waals surface area (Å²) >= 11 is 1.71. The van der Waals surface area contributed by atoms with E-state index in [9.17, 15) is 0 Å². The van der Waals surface area contributed by atoms with E-state index in [0.717, 1.165) is 11.4 Å². The van der Waals surface area contributed by atoms with Crippen LogP contribution < -0.4 is 5.73 Å². The van der Waals surface area contributed by atoms with E-state index < -0.39 is 0 Å². The Kier molecular flexibility index (Phi) is 6.30. The van der Waals surface area contributed by atoms with E-state index in [2.05, 4.69) is 0 Å². The molecule has 0 saturated heterocycles. The van der Waals surface area contributed by atoms with Gasteiger partial charge < -0.3 is 15.2 Å². The van der Waals surface area contributed by atoms with Crippen molar-refractivity contribution < 1.29 is 9.47 Å². The zero-order chi connectivity index (χ0) is 11.8. The lowest BCUT2D eigenvalue weighted by Crippen LogP contribution is -2.19. The smallest absolute Gasteiger partial charge is 0.166 e. The molecule has 1 rings (SSSR count). The van der Waals surface area contributed by atoms with Crippen LogP contribution in [0.15, 0.2) is 29.2 Å². The van der Waals surface area contributed by atoms with E-state index >= 15 is 0 Å². The monoisotopic (exact) mass is 241 g/mol. The fourth-order valence-electron chi connectivity index (χ4n) is 1.24. The molecule has 0 radical (unpaired) electrons. The molecule has 0 bridgehead atoms. The van der Waals surface area contributed by atoms with Crippen molar-refractivity contribution in [1.82, 2.24) is 0 Å². The third kappa shape index (κ3) is 4.88. The molecule has 0 aliphatic heterocycles. The highest BCUT2D eigenvalue weighted by Gasteiger charge is 2.08. The molecular weight excluding hydrogens is 222 g/mol. The molecule has 1 aromatic carbocycles. The minimum Gasteiger partial charge on any atom is -0.399 e. The fraction of sp³-hybridized carbons (Fsp3) is 0.500. The molecule has 2 N–H and O–H groups in total. The summed E-state index contributed by atoms with van der Waals surface area (Å²) in [5.74, 6) is 0.797. The highest BCUT2D eigenvalue weighted by atomic mass is 32.2. The van der Waals surface area contributed by atoms with Gasteiger partial charge in [0, 0.05) is 29.5 Å². The maximum absolute atomic E-state index is 5.62. The summed E-state index contributed by atoms with van der Waals surface area (Å²) in [7, 11) is 0. The first kappa shape index (κ1) is 13.4. The molecule has 4 heteroatoms. The lowest BCUT2D eigenvalue weighted by molar-refractivity contribution is -0.120. The number of anilines is 1. The number of hydrogen-bond acceptors (Lipinski definition) is 4. The van der Waals surface area contributed by atoms with Gasteiger partial charge in [0.1, 0.15) is 0 Å². The maximum Gasteiger partial charge on any atom is 0.166 e. The number of ether oxygens (including phenoxy) is 2. The normalized spacial score (nSPS) is 10.9. The highest BCUT2D eigenvalue weighted by Crippen LogP contribution is 2.21. The first-order chi connectivity index (χ1) is 7.76. The van der Waals surface area contributed by atoms with Crippen molar-refractivity contribution in [2.24, 2.45) is 0 Å². The molecule has 0 amide bonds. The molecule has 3 nitrogen and oxygen atoms in total.